The number of halogens is 1. The van der Waals surface area contributed by atoms with Gasteiger partial charge in [-0.15, -0.1) is 11.3 Å². The molecule has 222 valence electrons. The minimum atomic E-state index is -3.68. The molecule has 0 radical (unpaired) electrons. The smallest absolute Gasteiger partial charge is 0.255 e. The van der Waals surface area contributed by atoms with Crippen molar-refractivity contribution in [3.8, 4) is 33.0 Å². The van der Waals surface area contributed by atoms with E-state index in [0.29, 0.717) is 45.5 Å². The molecule has 43 heavy (non-hydrogen) atoms. The van der Waals surface area contributed by atoms with E-state index in [1.807, 2.05) is 24.3 Å². The zero-order valence-electron chi connectivity index (χ0n) is 24.1. The molecule has 0 spiro atoms. The summed E-state index contributed by atoms with van der Waals surface area (Å²) in [6.07, 6.45) is 3.53. The Morgan fingerprint density at radius 3 is 2.51 bits per heavy atom. The van der Waals surface area contributed by atoms with Crippen LogP contribution in [-0.2, 0) is 22.0 Å². The van der Waals surface area contributed by atoms with Crippen molar-refractivity contribution in [2.75, 3.05) is 24.7 Å². The van der Waals surface area contributed by atoms with Crippen LogP contribution in [0.1, 0.15) is 40.7 Å². The number of thiazole rings is 1. The maximum absolute atomic E-state index is 13.7. The van der Waals surface area contributed by atoms with Gasteiger partial charge in [0.25, 0.3) is 5.91 Å². The molecule has 0 saturated carbocycles. The Balaban J connectivity index is 1.58. The van der Waals surface area contributed by atoms with Gasteiger partial charge in [-0.05, 0) is 68.1 Å². The first kappa shape index (κ1) is 29.0. The number of anilines is 1. The number of rotatable bonds is 6. The molecule has 1 atom stereocenters. The van der Waals surface area contributed by atoms with Gasteiger partial charge in [-0.25, -0.2) is 17.8 Å². The van der Waals surface area contributed by atoms with Crippen LogP contribution >= 0.6 is 11.3 Å². The number of aliphatic hydroxyl groups is 1. The quantitative estimate of drug-likeness (QED) is 0.230. The van der Waals surface area contributed by atoms with E-state index in [2.05, 4.69) is 5.32 Å². The molecule has 0 saturated heterocycles. The molecule has 0 fully saturated rings. The van der Waals surface area contributed by atoms with E-state index in [4.69, 9.17) is 9.40 Å². The Morgan fingerprint density at radius 2 is 1.84 bits per heavy atom. The maximum Gasteiger partial charge on any atom is 0.255 e. The van der Waals surface area contributed by atoms with Gasteiger partial charge in [-0.1, -0.05) is 18.2 Å². The Bertz CT molecular complexity index is 2000. The fourth-order valence-corrected chi connectivity index (χ4v) is 7.29. The van der Waals surface area contributed by atoms with Gasteiger partial charge in [-0.2, -0.15) is 0 Å². The number of nitrogens with one attached hydrogen (secondary N) is 1. The number of nitrogens with zero attached hydrogens (tertiary/aromatic N) is 2. The average molecular weight is 620 g/mol. The van der Waals surface area contributed by atoms with Crippen molar-refractivity contribution in [3.63, 3.8) is 0 Å². The first-order chi connectivity index (χ1) is 20.4. The number of carbonyl (C=O) groups is 1. The number of aromatic nitrogens is 1. The molecule has 2 N–H and O–H groups in total. The minimum Gasteiger partial charge on any atom is -0.455 e. The van der Waals surface area contributed by atoms with Gasteiger partial charge in [0.05, 0.1) is 23.2 Å². The standard InChI is InChI=1S/C32H30FN3O5S2/c1-32(38)14-6-9-26-29(32)35-31(42-26)20-8-5-7-19(15-20)22-16-23-25(17-24(22)36(3)43(4,39)40)41-28(27(23)30(37)34-2)18-10-12-21(33)13-11-18/h5,7-8,10-13,15-17,38H,6,9,14H2,1-4H3,(H,34,37). The first-order valence-electron chi connectivity index (χ1n) is 13.7. The Hall–Kier alpha value is -4.06. The summed E-state index contributed by atoms with van der Waals surface area (Å²) in [5.74, 6) is -0.582. The van der Waals surface area contributed by atoms with Gasteiger partial charge in [-0.3, -0.25) is 9.10 Å². The molecule has 5 aromatic rings. The number of furan rings is 1. The summed E-state index contributed by atoms with van der Waals surface area (Å²) in [5.41, 5.74) is 3.25. The molecule has 2 heterocycles. The molecule has 3 aromatic carbocycles. The van der Waals surface area contributed by atoms with Gasteiger partial charge in [0.1, 0.15) is 27.8 Å². The molecule has 1 amide bonds. The molecule has 0 bridgehead atoms. The monoisotopic (exact) mass is 619 g/mol. The van der Waals surface area contributed by atoms with Crippen LogP contribution < -0.4 is 9.62 Å². The average Bonchev–Trinajstić information content (AvgIpc) is 3.58. The number of benzene rings is 3. The van der Waals surface area contributed by atoms with E-state index in [-0.39, 0.29) is 11.3 Å². The largest absolute Gasteiger partial charge is 0.455 e. The fourth-order valence-electron chi connectivity index (χ4n) is 5.55. The van der Waals surface area contributed by atoms with Crippen LogP contribution in [0.25, 0.3) is 44.0 Å². The van der Waals surface area contributed by atoms with Crippen LogP contribution in [0.4, 0.5) is 10.1 Å². The molecule has 1 aliphatic carbocycles. The lowest BCUT2D eigenvalue weighted by molar-refractivity contribution is 0.0352. The van der Waals surface area contributed by atoms with Crippen molar-refractivity contribution in [1.29, 1.82) is 0 Å². The molecule has 6 rings (SSSR count). The number of hydrogen-bond donors (Lipinski definition) is 2. The lowest BCUT2D eigenvalue weighted by Crippen LogP contribution is -2.26. The zero-order valence-corrected chi connectivity index (χ0v) is 25.7. The summed E-state index contributed by atoms with van der Waals surface area (Å²) in [6.45, 7) is 1.79. The van der Waals surface area contributed by atoms with E-state index >= 15 is 0 Å². The van der Waals surface area contributed by atoms with Crippen molar-refractivity contribution in [2.24, 2.45) is 0 Å². The highest BCUT2D eigenvalue weighted by molar-refractivity contribution is 7.92. The molecule has 1 aliphatic rings. The van der Waals surface area contributed by atoms with Gasteiger partial charge < -0.3 is 14.8 Å². The molecule has 1 unspecified atom stereocenters. The highest BCUT2D eigenvalue weighted by atomic mass is 32.2. The molecule has 11 heteroatoms. The van der Waals surface area contributed by atoms with E-state index in [0.717, 1.165) is 34.5 Å². The summed E-state index contributed by atoms with van der Waals surface area (Å²) in [5, 5.41) is 14.8. The predicted octanol–water partition coefficient (Wildman–Crippen LogP) is 6.33. The Labute approximate surface area is 252 Å². The third-order valence-corrected chi connectivity index (χ3v) is 10.3. The van der Waals surface area contributed by atoms with Crippen molar-refractivity contribution in [3.05, 3.63) is 82.6 Å². The Kier molecular flexibility index (Phi) is 7.15. The van der Waals surface area contributed by atoms with E-state index in [9.17, 15) is 22.7 Å². The Morgan fingerprint density at radius 1 is 1.12 bits per heavy atom. The number of sulfonamides is 1. The van der Waals surface area contributed by atoms with Crippen molar-refractivity contribution in [2.45, 2.75) is 31.8 Å². The van der Waals surface area contributed by atoms with Crippen LogP contribution in [-0.4, -0.2) is 44.8 Å². The van der Waals surface area contributed by atoms with Crippen LogP contribution in [0, 0.1) is 5.82 Å². The number of amides is 1. The second-order valence-electron chi connectivity index (χ2n) is 11.0. The van der Waals surface area contributed by atoms with Crippen LogP contribution in [0.2, 0.25) is 0 Å². The SMILES string of the molecule is CNC(=O)c1c(-c2ccc(F)cc2)oc2cc(N(C)S(C)(=O)=O)c(-c3cccc(-c4nc5c(s4)CCCC5(C)O)c3)cc12. The van der Waals surface area contributed by atoms with Crippen molar-refractivity contribution >= 4 is 43.9 Å². The molecular formula is C32H30FN3O5S2. The molecule has 2 aromatic heterocycles. The third kappa shape index (κ3) is 5.21. The normalized spacial score (nSPS) is 16.7. The summed E-state index contributed by atoms with van der Waals surface area (Å²) in [7, 11) is -0.708. The lowest BCUT2D eigenvalue weighted by atomic mass is 9.88. The van der Waals surface area contributed by atoms with E-state index < -0.39 is 27.3 Å². The second-order valence-corrected chi connectivity index (χ2v) is 14.1. The summed E-state index contributed by atoms with van der Waals surface area (Å²) in [6, 6.07) is 16.6. The topological polar surface area (TPSA) is 113 Å². The number of fused-ring (bicyclic) bond motifs is 2. The van der Waals surface area contributed by atoms with Crippen LogP contribution in [0.3, 0.4) is 0 Å². The first-order valence-corrected chi connectivity index (χ1v) is 16.4. The molecule has 8 nitrogen and oxygen atoms in total. The minimum absolute atomic E-state index is 0.244. The predicted molar refractivity (Wildman–Crippen MR) is 167 cm³/mol. The van der Waals surface area contributed by atoms with Crippen molar-refractivity contribution in [1.82, 2.24) is 10.3 Å². The lowest BCUT2D eigenvalue weighted by Gasteiger charge is -2.26. The second kappa shape index (κ2) is 10.6. The maximum atomic E-state index is 13.7. The third-order valence-electron chi connectivity index (χ3n) is 7.90. The summed E-state index contributed by atoms with van der Waals surface area (Å²) in [4.78, 5) is 19.1. The molecule has 0 aliphatic heterocycles. The number of aryl methyl sites for hydroxylation is 1. The highest BCUT2D eigenvalue weighted by Crippen LogP contribution is 2.44. The highest BCUT2D eigenvalue weighted by Gasteiger charge is 2.33. The zero-order chi connectivity index (χ0) is 30.7. The molecular weight excluding hydrogens is 590 g/mol. The summed E-state index contributed by atoms with van der Waals surface area (Å²) >= 11 is 1.55. The fraction of sp³-hybridized carbons (Fsp3) is 0.250. The van der Waals surface area contributed by atoms with Gasteiger partial charge >= 0.3 is 0 Å². The van der Waals surface area contributed by atoms with Gasteiger partial charge in [0.15, 0.2) is 0 Å². The summed E-state index contributed by atoms with van der Waals surface area (Å²) < 4.78 is 46.6. The van der Waals surface area contributed by atoms with Crippen LogP contribution in [0.5, 0.6) is 0 Å². The van der Waals surface area contributed by atoms with Crippen LogP contribution in [0.15, 0.2) is 65.1 Å². The van der Waals surface area contributed by atoms with Gasteiger partial charge in [0, 0.05) is 47.1 Å². The van der Waals surface area contributed by atoms with Gasteiger partial charge in [0.2, 0.25) is 10.0 Å². The van der Waals surface area contributed by atoms with E-state index in [1.54, 1.807) is 30.4 Å². The number of hydrogen-bond acceptors (Lipinski definition) is 7. The van der Waals surface area contributed by atoms with Crippen molar-refractivity contribution < 1.29 is 27.1 Å². The van der Waals surface area contributed by atoms with E-state index in [1.165, 1.54) is 42.7 Å². The number of carbonyl (C=O) groups excluding carboxylic acids is 1.